The first-order chi connectivity index (χ1) is 12.9. The molecule has 0 saturated heterocycles. The first-order valence-corrected chi connectivity index (χ1v) is 11.8. The van der Waals surface area contributed by atoms with Crippen LogP contribution in [-0.4, -0.2) is 26.6 Å². The van der Waals surface area contributed by atoms with Crippen LogP contribution >= 0.6 is 0 Å². The normalized spacial score (nSPS) is 13.0. The number of hydrogen-bond donors (Lipinski definition) is 1. The summed E-state index contributed by atoms with van der Waals surface area (Å²) in [4.78, 5) is 0. The zero-order chi connectivity index (χ0) is 19.8. The minimum atomic E-state index is -2.40. The number of unbranched alkanes of at least 4 members (excludes halogenated alkanes) is 1. The standard InChI is InChI=1S/C24H34O2Si/c1-21(18-19-25)13-11-12-20-26-27(24(2,3)4,22-14-7-5-8-15-22)23-16-9-6-10-17-23/h5-10,14-18,25H,11-13,19-20H2,1-4H3/b21-18+. The van der Waals surface area contributed by atoms with Gasteiger partial charge in [0.05, 0.1) is 6.61 Å². The van der Waals surface area contributed by atoms with Crippen molar-refractivity contribution in [1.29, 1.82) is 0 Å². The predicted octanol–water partition coefficient (Wildman–Crippen LogP) is 4.67. The van der Waals surface area contributed by atoms with Crippen LogP contribution in [-0.2, 0) is 4.43 Å². The summed E-state index contributed by atoms with van der Waals surface area (Å²) in [7, 11) is -2.40. The van der Waals surface area contributed by atoms with Gasteiger partial charge in [0.15, 0.2) is 0 Å². The van der Waals surface area contributed by atoms with Crippen LogP contribution in [0.2, 0.25) is 5.04 Å². The molecule has 2 nitrogen and oxygen atoms in total. The van der Waals surface area contributed by atoms with Gasteiger partial charge in [0.1, 0.15) is 0 Å². The maximum Gasteiger partial charge on any atom is 0.261 e. The molecule has 0 bridgehead atoms. The van der Waals surface area contributed by atoms with Crippen LogP contribution in [0.3, 0.4) is 0 Å². The second kappa shape index (κ2) is 10.0. The van der Waals surface area contributed by atoms with Gasteiger partial charge in [0, 0.05) is 6.61 Å². The topological polar surface area (TPSA) is 29.5 Å². The Labute approximate surface area is 166 Å². The number of benzene rings is 2. The molecule has 0 spiro atoms. The quantitative estimate of drug-likeness (QED) is 0.388. The number of allylic oxidation sites excluding steroid dienone is 1. The molecule has 0 heterocycles. The average molecular weight is 383 g/mol. The lowest BCUT2D eigenvalue weighted by molar-refractivity contribution is 0.288. The van der Waals surface area contributed by atoms with Gasteiger partial charge in [-0.1, -0.05) is 93.1 Å². The van der Waals surface area contributed by atoms with E-state index in [2.05, 4.69) is 88.4 Å². The van der Waals surface area contributed by atoms with Crippen LogP contribution in [0.15, 0.2) is 72.3 Å². The summed E-state index contributed by atoms with van der Waals surface area (Å²) in [6.07, 6.45) is 5.02. The van der Waals surface area contributed by atoms with Crippen LogP contribution in [0.4, 0.5) is 0 Å². The van der Waals surface area contributed by atoms with E-state index >= 15 is 0 Å². The molecule has 0 unspecified atom stereocenters. The van der Waals surface area contributed by atoms with Gasteiger partial charge >= 0.3 is 0 Å². The molecule has 2 rings (SSSR count). The molecule has 2 aromatic rings. The lowest BCUT2D eigenvalue weighted by atomic mass is 10.1. The summed E-state index contributed by atoms with van der Waals surface area (Å²) >= 11 is 0. The van der Waals surface area contributed by atoms with Gasteiger partial charge in [0.2, 0.25) is 0 Å². The number of aliphatic hydroxyl groups excluding tert-OH is 1. The number of rotatable bonds is 9. The monoisotopic (exact) mass is 382 g/mol. The van der Waals surface area contributed by atoms with Crippen LogP contribution in [0, 0.1) is 0 Å². The summed E-state index contributed by atoms with van der Waals surface area (Å²) in [5.74, 6) is 0. The van der Waals surface area contributed by atoms with E-state index in [1.165, 1.54) is 15.9 Å². The third kappa shape index (κ3) is 5.41. The van der Waals surface area contributed by atoms with Gasteiger partial charge in [-0.05, 0) is 41.6 Å². The van der Waals surface area contributed by atoms with E-state index in [4.69, 9.17) is 9.53 Å². The van der Waals surface area contributed by atoms with Gasteiger partial charge < -0.3 is 9.53 Å². The summed E-state index contributed by atoms with van der Waals surface area (Å²) in [6.45, 7) is 9.91. The second-order valence-corrected chi connectivity index (χ2v) is 12.5. The maximum absolute atomic E-state index is 8.99. The highest BCUT2D eigenvalue weighted by Crippen LogP contribution is 2.36. The van der Waals surface area contributed by atoms with Gasteiger partial charge in [-0.2, -0.15) is 0 Å². The van der Waals surface area contributed by atoms with E-state index in [0.29, 0.717) is 0 Å². The maximum atomic E-state index is 8.99. The smallest absolute Gasteiger partial charge is 0.261 e. The molecule has 0 aliphatic rings. The van der Waals surface area contributed by atoms with Crippen molar-refractivity contribution in [3.63, 3.8) is 0 Å². The Morgan fingerprint density at radius 1 is 0.926 bits per heavy atom. The second-order valence-electron chi connectivity index (χ2n) is 8.20. The number of aliphatic hydroxyl groups is 1. The predicted molar refractivity (Wildman–Crippen MR) is 118 cm³/mol. The van der Waals surface area contributed by atoms with Gasteiger partial charge in [-0.3, -0.25) is 0 Å². The van der Waals surface area contributed by atoms with Crippen molar-refractivity contribution in [3.05, 3.63) is 72.3 Å². The number of hydrogen-bond acceptors (Lipinski definition) is 2. The molecule has 3 heteroatoms. The Balaban J connectivity index is 2.26. The molecule has 0 aliphatic heterocycles. The van der Waals surface area contributed by atoms with E-state index in [0.717, 1.165) is 25.9 Å². The molecule has 0 aliphatic carbocycles. The van der Waals surface area contributed by atoms with Crippen molar-refractivity contribution in [2.45, 2.75) is 52.0 Å². The first kappa shape index (κ1) is 21.6. The highest BCUT2D eigenvalue weighted by Gasteiger charge is 2.49. The van der Waals surface area contributed by atoms with E-state index in [1.807, 2.05) is 6.08 Å². The highest BCUT2D eigenvalue weighted by molar-refractivity contribution is 6.99. The fraction of sp³-hybridized carbons (Fsp3) is 0.417. The van der Waals surface area contributed by atoms with Crippen LogP contribution < -0.4 is 10.4 Å². The molecule has 0 atom stereocenters. The SMILES string of the molecule is C/C(=C\CO)CCCCO[Si](c1ccccc1)(c1ccccc1)C(C)(C)C. The van der Waals surface area contributed by atoms with E-state index < -0.39 is 8.32 Å². The van der Waals surface area contributed by atoms with E-state index in [-0.39, 0.29) is 11.6 Å². The zero-order valence-corrected chi connectivity index (χ0v) is 18.2. The van der Waals surface area contributed by atoms with Crippen LogP contribution in [0.25, 0.3) is 0 Å². The Hall–Kier alpha value is -1.68. The summed E-state index contributed by atoms with van der Waals surface area (Å²) < 4.78 is 6.88. The first-order valence-electron chi connectivity index (χ1n) is 9.93. The minimum Gasteiger partial charge on any atom is -0.407 e. The Kier molecular flexibility index (Phi) is 8.02. The summed E-state index contributed by atoms with van der Waals surface area (Å²) in [6, 6.07) is 21.6. The molecule has 27 heavy (non-hydrogen) atoms. The van der Waals surface area contributed by atoms with Crippen LogP contribution in [0.1, 0.15) is 47.0 Å². The highest BCUT2D eigenvalue weighted by atomic mass is 28.4. The molecule has 146 valence electrons. The van der Waals surface area contributed by atoms with Gasteiger partial charge in [0.25, 0.3) is 8.32 Å². The fourth-order valence-corrected chi connectivity index (χ4v) is 8.36. The van der Waals surface area contributed by atoms with Crippen molar-refractivity contribution < 1.29 is 9.53 Å². The molecule has 0 radical (unpaired) electrons. The van der Waals surface area contributed by atoms with Crippen molar-refractivity contribution in [1.82, 2.24) is 0 Å². The Morgan fingerprint density at radius 3 is 1.89 bits per heavy atom. The van der Waals surface area contributed by atoms with Gasteiger partial charge in [-0.15, -0.1) is 0 Å². The lowest BCUT2D eigenvalue weighted by Gasteiger charge is -2.43. The molecule has 2 aromatic carbocycles. The van der Waals surface area contributed by atoms with Crippen molar-refractivity contribution >= 4 is 18.7 Å². The van der Waals surface area contributed by atoms with Crippen molar-refractivity contribution in [2.75, 3.05) is 13.2 Å². The summed E-state index contributed by atoms with van der Waals surface area (Å²) in [5.41, 5.74) is 1.25. The van der Waals surface area contributed by atoms with E-state index in [9.17, 15) is 0 Å². The Bertz CT molecular complexity index is 663. The molecule has 0 aromatic heterocycles. The fourth-order valence-electron chi connectivity index (χ4n) is 3.75. The molecule has 0 amide bonds. The molecule has 0 saturated carbocycles. The molecular formula is C24H34O2Si. The lowest BCUT2D eigenvalue weighted by Crippen LogP contribution is -2.66. The summed E-state index contributed by atoms with van der Waals surface area (Å²) in [5, 5.41) is 11.7. The molecular weight excluding hydrogens is 348 g/mol. The van der Waals surface area contributed by atoms with Crippen LogP contribution in [0.5, 0.6) is 0 Å². The molecule has 1 N–H and O–H groups in total. The van der Waals surface area contributed by atoms with Crippen molar-refractivity contribution in [2.24, 2.45) is 0 Å². The minimum absolute atomic E-state index is 0.0302. The third-order valence-corrected chi connectivity index (χ3v) is 10.2. The Morgan fingerprint density at radius 2 is 1.44 bits per heavy atom. The van der Waals surface area contributed by atoms with Crippen molar-refractivity contribution in [3.8, 4) is 0 Å². The largest absolute Gasteiger partial charge is 0.407 e. The zero-order valence-electron chi connectivity index (χ0n) is 17.2. The van der Waals surface area contributed by atoms with Gasteiger partial charge in [-0.25, -0.2) is 0 Å². The average Bonchev–Trinajstić information content (AvgIpc) is 2.65. The molecule has 0 fully saturated rings. The third-order valence-electron chi connectivity index (χ3n) is 5.14. The van der Waals surface area contributed by atoms with E-state index in [1.54, 1.807) is 0 Å².